The number of alkyl halides is 3. The molecule has 0 amide bonds. The van der Waals surface area contributed by atoms with Crippen LogP contribution in [0.5, 0.6) is 0 Å². The Morgan fingerprint density at radius 2 is 1.95 bits per heavy atom. The maximum absolute atomic E-state index is 13.1. The van der Waals surface area contributed by atoms with Crippen LogP contribution in [0.3, 0.4) is 0 Å². The van der Waals surface area contributed by atoms with E-state index in [-0.39, 0.29) is 16.6 Å². The number of aliphatic hydroxyl groups is 1. The topological polar surface area (TPSA) is 25.2 Å². The first-order chi connectivity index (χ1) is 9.27. The first kappa shape index (κ1) is 15.1. The molecule has 2 nitrogen and oxygen atoms in total. The second-order valence-electron chi connectivity index (χ2n) is 4.31. The van der Waals surface area contributed by atoms with E-state index in [1.807, 2.05) is 0 Å². The third-order valence-corrected chi connectivity index (χ3v) is 3.36. The van der Waals surface area contributed by atoms with Gasteiger partial charge in [0.1, 0.15) is 5.82 Å². The van der Waals surface area contributed by atoms with Gasteiger partial charge in [-0.25, -0.2) is 4.39 Å². The minimum Gasteiger partial charge on any atom is -0.379 e. The molecule has 0 aliphatic carbocycles. The normalized spacial score (nSPS) is 13.5. The zero-order valence-electron chi connectivity index (χ0n) is 10.0. The molecular weight excluding hydrogens is 342 g/mol. The van der Waals surface area contributed by atoms with Crippen molar-refractivity contribution < 1.29 is 22.7 Å². The van der Waals surface area contributed by atoms with Gasteiger partial charge < -0.3 is 9.67 Å². The second-order valence-corrected chi connectivity index (χ2v) is 5.16. The lowest BCUT2D eigenvalue weighted by Gasteiger charge is -2.12. The van der Waals surface area contributed by atoms with Crippen LogP contribution in [-0.2, 0) is 6.54 Å². The number of aliphatic hydroxyl groups excluding tert-OH is 1. The number of halogens is 5. The molecule has 1 aromatic heterocycles. The van der Waals surface area contributed by atoms with E-state index in [9.17, 15) is 17.6 Å². The molecule has 0 aliphatic rings. The first-order valence-corrected chi connectivity index (χ1v) is 6.41. The summed E-state index contributed by atoms with van der Waals surface area (Å²) in [5.74, 6) is -0.408. The Labute approximate surface area is 120 Å². The molecule has 20 heavy (non-hydrogen) atoms. The van der Waals surface area contributed by atoms with Crippen LogP contribution in [0.4, 0.5) is 17.6 Å². The second kappa shape index (κ2) is 5.57. The summed E-state index contributed by atoms with van der Waals surface area (Å²) in [7, 11) is 0. The predicted molar refractivity (Wildman–Crippen MR) is 68.6 cm³/mol. The molecular formula is C13H10BrF4NO. The highest BCUT2D eigenvalue weighted by Crippen LogP contribution is 2.32. The van der Waals surface area contributed by atoms with Crippen LogP contribution >= 0.6 is 15.9 Å². The fourth-order valence-corrected chi connectivity index (χ4v) is 2.18. The van der Waals surface area contributed by atoms with E-state index in [4.69, 9.17) is 5.11 Å². The quantitative estimate of drug-likeness (QED) is 0.829. The van der Waals surface area contributed by atoms with Crippen molar-refractivity contribution in [1.29, 1.82) is 0 Å². The Balaban J connectivity index is 2.15. The van der Waals surface area contributed by atoms with Crippen molar-refractivity contribution in [3.8, 4) is 0 Å². The maximum Gasteiger partial charge on any atom is 0.418 e. The summed E-state index contributed by atoms with van der Waals surface area (Å²) in [6.45, 7) is 0.281. The minimum absolute atomic E-state index is 0.223. The zero-order chi connectivity index (χ0) is 14.9. The molecule has 0 saturated heterocycles. The summed E-state index contributed by atoms with van der Waals surface area (Å²) in [5, 5.41) is 9.12. The third kappa shape index (κ3) is 3.40. The van der Waals surface area contributed by atoms with E-state index in [0.29, 0.717) is 0 Å². The number of hydrogen-bond acceptors (Lipinski definition) is 1. The molecule has 2 aromatic rings. The van der Waals surface area contributed by atoms with Crippen molar-refractivity contribution in [3.63, 3.8) is 0 Å². The van der Waals surface area contributed by atoms with E-state index in [1.54, 1.807) is 12.1 Å². The molecule has 0 saturated carbocycles. The van der Waals surface area contributed by atoms with Crippen LogP contribution in [0.25, 0.3) is 0 Å². The Morgan fingerprint density at radius 3 is 2.55 bits per heavy atom. The van der Waals surface area contributed by atoms with Crippen molar-refractivity contribution in [2.75, 3.05) is 0 Å². The number of aromatic nitrogens is 1. The molecule has 0 bridgehead atoms. The summed E-state index contributed by atoms with van der Waals surface area (Å²) in [6, 6.07) is 5.57. The van der Waals surface area contributed by atoms with Crippen LogP contribution in [0.2, 0.25) is 0 Å². The van der Waals surface area contributed by atoms with Crippen LogP contribution in [0.1, 0.15) is 17.2 Å². The Morgan fingerprint density at radius 1 is 1.25 bits per heavy atom. The maximum atomic E-state index is 13.1. The van der Waals surface area contributed by atoms with Gasteiger partial charge in [0, 0.05) is 24.5 Å². The molecule has 0 aliphatic heterocycles. The van der Waals surface area contributed by atoms with E-state index in [0.717, 1.165) is 5.56 Å². The minimum atomic E-state index is -4.69. The Bertz CT molecular complexity index is 609. The Kier molecular flexibility index (Phi) is 4.19. The van der Waals surface area contributed by atoms with Crippen LogP contribution < -0.4 is 0 Å². The van der Waals surface area contributed by atoms with Crippen molar-refractivity contribution in [2.24, 2.45) is 0 Å². The highest BCUT2D eigenvalue weighted by molar-refractivity contribution is 9.10. The van der Waals surface area contributed by atoms with Crippen molar-refractivity contribution in [1.82, 2.24) is 4.57 Å². The van der Waals surface area contributed by atoms with Gasteiger partial charge in [-0.15, -0.1) is 0 Å². The summed E-state index contributed by atoms with van der Waals surface area (Å²) in [5.41, 5.74) is 0.501. The number of nitrogens with zero attached hydrogens (tertiary/aromatic N) is 1. The van der Waals surface area contributed by atoms with Crippen LogP contribution in [0, 0.1) is 5.82 Å². The molecule has 1 N–H and O–H groups in total. The number of rotatable bonds is 3. The fraction of sp³-hybridized carbons (Fsp3) is 0.231. The van der Waals surface area contributed by atoms with Gasteiger partial charge in [0.05, 0.1) is 4.47 Å². The van der Waals surface area contributed by atoms with E-state index >= 15 is 0 Å². The molecule has 1 aromatic carbocycles. The van der Waals surface area contributed by atoms with Gasteiger partial charge in [0.2, 0.25) is 0 Å². The summed E-state index contributed by atoms with van der Waals surface area (Å²) in [4.78, 5) is 0. The number of benzene rings is 1. The molecule has 7 heteroatoms. The van der Waals surface area contributed by atoms with Gasteiger partial charge in [-0.1, -0.05) is 6.07 Å². The van der Waals surface area contributed by atoms with Crippen LogP contribution in [-0.4, -0.2) is 15.8 Å². The van der Waals surface area contributed by atoms with E-state index in [2.05, 4.69) is 15.9 Å². The summed E-state index contributed by atoms with van der Waals surface area (Å²) in [6.07, 6.45) is -4.54. The number of hydrogen-bond donors (Lipinski definition) is 1. The average Bonchev–Trinajstić information content (AvgIpc) is 2.80. The largest absolute Gasteiger partial charge is 0.418 e. The van der Waals surface area contributed by atoms with Gasteiger partial charge in [0.15, 0.2) is 6.10 Å². The standard InChI is InChI=1S/C13H10BrF4NO/c14-10-5-8(1-2-11(10)15)6-19-4-3-9(7-19)12(20)13(16,17)18/h1-5,7,12,20H,6H2. The monoisotopic (exact) mass is 351 g/mol. The lowest BCUT2D eigenvalue weighted by atomic mass is 10.2. The zero-order valence-corrected chi connectivity index (χ0v) is 11.6. The van der Waals surface area contributed by atoms with Gasteiger partial charge in [-0.3, -0.25) is 0 Å². The van der Waals surface area contributed by atoms with Crippen molar-refractivity contribution in [2.45, 2.75) is 18.8 Å². The first-order valence-electron chi connectivity index (χ1n) is 5.62. The van der Waals surface area contributed by atoms with Gasteiger partial charge in [-0.2, -0.15) is 13.2 Å². The molecule has 1 heterocycles. The lowest BCUT2D eigenvalue weighted by molar-refractivity contribution is -0.206. The molecule has 108 valence electrons. The molecule has 1 atom stereocenters. The van der Waals surface area contributed by atoms with Crippen LogP contribution in [0.15, 0.2) is 41.1 Å². The average molecular weight is 352 g/mol. The fourth-order valence-electron chi connectivity index (χ4n) is 1.76. The summed E-state index contributed by atoms with van der Waals surface area (Å²) < 4.78 is 51.9. The van der Waals surface area contributed by atoms with Crippen molar-refractivity contribution >= 4 is 15.9 Å². The van der Waals surface area contributed by atoms with Gasteiger partial charge >= 0.3 is 6.18 Å². The van der Waals surface area contributed by atoms with E-state index < -0.39 is 18.1 Å². The van der Waals surface area contributed by atoms with Gasteiger partial charge in [-0.05, 0) is 39.7 Å². The molecule has 0 spiro atoms. The predicted octanol–water partition coefficient (Wildman–Crippen LogP) is 4.03. The lowest BCUT2D eigenvalue weighted by Crippen LogP contribution is -2.19. The Hall–Kier alpha value is -1.34. The SMILES string of the molecule is OC(c1ccn(Cc2ccc(F)c(Br)c2)c1)C(F)(F)F. The van der Waals surface area contributed by atoms with E-state index in [1.165, 1.54) is 29.1 Å². The highest BCUT2D eigenvalue weighted by Gasteiger charge is 2.39. The summed E-state index contributed by atoms with van der Waals surface area (Å²) >= 11 is 3.04. The third-order valence-electron chi connectivity index (χ3n) is 2.75. The molecule has 2 rings (SSSR count). The van der Waals surface area contributed by atoms with Gasteiger partial charge in [0.25, 0.3) is 0 Å². The highest BCUT2D eigenvalue weighted by atomic mass is 79.9. The van der Waals surface area contributed by atoms with Crippen molar-refractivity contribution in [3.05, 3.63) is 58.1 Å². The smallest absolute Gasteiger partial charge is 0.379 e. The molecule has 0 radical (unpaired) electrons. The molecule has 0 fully saturated rings. The molecule has 1 unspecified atom stereocenters.